The third kappa shape index (κ3) is 4.34. The molecule has 0 saturated heterocycles. The minimum absolute atomic E-state index is 0.0321. The van der Waals surface area contributed by atoms with Crippen molar-refractivity contribution in [2.75, 3.05) is 13.6 Å². The maximum atomic E-state index is 12.1. The lowest BCUT2D eigenvalue weighted by molar-refractivity contribution is -0.122. The molecule has 0 unspecified atom stereocenters. The average Bonchev–Trinajstić information content (AvgIpc) is 2.98. The Balaban J connectivity index is 1.66. The Morgan fingerprint density at radius 1 is 1.35 bits per heavy atom. The van der Waals surface area contributed by atoms with E-state index in [4.69, 9.17) is 0 Å². The smallest absolute Gasteiger partial charge is 0.221 e. The van der Waals surface area contributed by atoms with E-state index in [1.54, 1.807) is 6.20 Å². The van der Waals surface area contributed by atoms with E-state index in [-0.39, 0.29) is 11.4 Å². The predicted octanol–water partition coefficient (Wildman–Crippen LogP) is 1.70. The van der Waals surface area contributed by atoms with Crippen molar-refractivity contribution in [1.29, 1.82) is 0 Å². The predicted molar refractivity (Wildman–Crippen MR) is 79.3 cm³/mol. The van der Waals surface area contributed by atoms with Crippen LogP contribution in [0.2, 0.25) is 0 Å². The minimum atomic E-state index is 0.0321. The highest BCUT2D eigenvalue weighted by atomic mass is 16.1. The molecule has 0 spiro atoms. The van der Waals surface area contributed by atoms with Crippen LogP contribution in [0.1, 0.15) is 44.9 Å². The molecule has 0 radical (unpaired) electrons. The molecular formula is C15H26N4O. The molecule has 0 bridgehead atoms. The summed E-state index contributed by atoms with van der Waals surface area (Å²) >= 11 is 0. The van der Waals surface area contributed by atoms with Crippen LogP contribution in [0.3, 0.4) is 0 Å². The first-order valence-electron chi connectivity index (χ1n) is 7.67. The number of hydrogen-bond donors (Lipinski definition) is 2. The van der Waals surface area contributed by atoms with E-state index >= 15 is 0 Å². The molecule has 1 fully saturated rings. The normalized spacial score (nSPS) is 17.9. The monoisotopic (exact) mass is 278 g/mol. The van der Waals surface area contributed by atoms with Gasteiger partial charge in [-0.05, 0) is 32.4 Å². The van der Waals surface area contributed by atoms with E-state index in [0.29, 0.717) is 6.42 Å². The Hall–Kier alpha value is -1.36. The Morgan fingerprint density at radius 3 is 2.80 bits per heavy atom. The molecule has 5 nitrogen and oxygen atoms in total. The highest BCUT2D eigenvalue weighted by Crippen LogP contribution is 2.30. The second-order valence-electron chi connectivity index (χ2n) is 5.74. The second kappa shape index (κ2) is 7.43. The van der Waals surface area contributed by atoms with Gasteiger partial charge >= 0.3 is 0 Å². The van der Waals surface area contributed by atoms with Crippen molar-refractivity contribution in [3.8, 4) is 0 Å². The van der Waals surface area contributed by atoms with Gasteiger partial charge in [0, 0.05) is 37.4 Å². The number of hydrogen-bond acceptors (Lipinski definition) is 3. The quantitative estimate of drug-likeness (QED) is 0.746. The highest BCUT2D eigenvalue weighted by molar-refractivity contribution is 5.77. The molecule has 20 heavy (non-hydrogen) atoms. The number of carbonyl (C=O) groups is 1. The third-order valence-electron chi connectivity index (χ3n) is 4.29. The number of amides is 1. The van der Waals surface area contributed by atoms with Crippen molar-refractivity contribution >= 4 is 5.91 Å². The van der Waals surface area contributed by atoms with Crippen LogP contribution in [0.4, 0.5) is 0 Å². The summed E-state index contributed by atoms with van der Waals surface area (Å²) < 4.78 is 1.89. The molecule has 1 aliphatic rings. The van der Waals surface area contributed by atoms with Gasteiger partial charge in [-0.2, -0.15) is 5.10 Å². The standard InChI is InChI=1S/C15H26N4O/c1-16-15(7-3-2-4-8-15)13-14(20)17-9-5-11-19-12-6-10-18-19/h6,10,12,16H,2-5,7-9,11,13H2,1H3,(H,17,20). The van der Waals surface area contributed by atoms with Crippen LogP contribution in [0.15, 0.2) is 18.5 Å². The Bertz CT molecular complexity index is 396. The van der Waals surface area contributed by atoms with Gasteiger partial charge in [-0.3, -0.25) is 9.48 Å². The van der Waals surface area contributed by atoms with Gasteiger partial charge in [0.25, 0.3) is 0 Å². The third-order valence-corrected chi connectivity index (χ3v) is 4.29. The first kappa shape index (κ1) is 15.0. The molecule has 1 amide bonds. The molecule has 1 aliphatic carbocycles. The molecule has 1 heterocycles. The van der Waals surface area contributed by atoms with E-state index in [9.17, 15) is 4.79 Å². The van der Waals surface area contributed by atoms with Crippen LogP contribution >= 0.6 is 0 Å². The van der Waals surface area contributed by atoms with E-state index in [0.717, 1.165) is 32.4 Å². The average molecular weight is 278 g/mol. The fourth-order valence-corrected chi connectivity index (χ4v) is 3.02. The van der Waals surface area contributed by atoms with E-state index in [1.165, 1.54) is 19.3 Å². The molecule has 1 aromatic heterocycles. The van der Waals surface area contributed by atoms with Gasteiger partial charge in [0.05, 0.1) is 0 Å². The summed E-state index contributed by atoms with van der Waals surface area (Å²) in [6.07, 6.45) is 11.2. The van der Waals surface area contributed by atoms with Gasteiger partial charge in [-0.1, -0.05) is 19.3 Å². The Labute approximate surface area is 121 Å². The fraction of sp³-hybridized carbons (Fsp3) is 0.733. The van der Waals surface area contributed by atoms with E-state index in [1.807, 2.05) is 24.0 Å². The largest absolute Gasteiger partial charge is 0.356 e. The molecule has 0 atom stereocenters. The van der Waals surface area contributed by atoms with Crippen LogP contribution < -0.4 is 10.6 Å². The first-order valence-corrected chi connectivity index (χ1v) is 7.67. The Kier molecular flexibility index (Phi) is 5.59. The summed E-state index contributed by atoms with van der Waals surface area (Å²) in [5.41, 5.74) is 0.0321. The lowest BCUT2D eigenvalue weighted by Gasteiger charge is -2.36. The summed E-state index contributed by atoms with van der Waals surface area (Å²) in [6.45, 7) is 1.57. The van der Waals surface area contributed by atoms with Gasteiger partial charge in [-0.25, -0.2) is 0 Å². The molecule has 1 saturated carbocycles. The van der Waals surface area contributed by atoms with Crippen LogP contribution in [0, 0.1) is 0 Å². The van der Waals surface area contributed by atoms with Gasteiger partial charge in [0.15, 0.2) is 0 Å². The SMILES string of the molecule is CNC1(CC(=O)NCCCn2cccn2)CCCCC1. The number of rotatable bonds is 7. The molecular weight excluding hydrogens is 252 g/mol. The van der Waals surface area contributed by atoms with Gasteiger partial charge in [0.1, 0.15) is 0 Å². The summed E-state index contributed by atoms with van der Waals surface area (Å²) in [5.74, 6) is 0.168. The van der Waals surface area contributed by atoms with Gasteiger partial charge in [-0.15, -0.1) is 0 Å². The number of carbonyl (C=O) groups excluding carboxylic acids is 1. The van der Waals surface area contributed by atoms with Crippen molar-refractivity contribution in [2.45, 2.75) is 57.0 Å². The lowest BCUT2D eigenvalue weighted by atomic mass is 9.79. The summed E-state index contributed by atoms with van der Waals surface area (Å²) in [5, 5.41) is 10.6. The maximum Gasteiger partial charge on any atom is 0.221 e. The van der Waals surface area contributed by atoms with E-state index in [2.05, 4.69) is 15.7 Å². The topological polar surface area (TPSA) is 59.0 Å². The van der Waals surface area contributed by atoms with Gasteiger partial charge < -0.3 is 10.6 Å². The highest BCUT2D eigenvalue weighted by Gasteiger charge is 2.32. The van der Waals surface area contributed by atoms with Crippen molar-refractivity contribution < 1.29 is 4.79 Å². The zero-order chi connectivity index (χ0) is 14.3. The van der Waals surface area contributed by atoms with Crippen LogP contribution in [-0.2, 0) is 11.3 Å². The molecule has 1 aromatic rings. The second-order valence-corrected chi connectivity index (χ2v) is 5.74. The zero-order valence-electron chi connectivity index (χ0n) is 12.4. The summed E-state index contributed by atoms with van der Waals surface area (Å²) in [7, 11) is 1.98. The number of aryl methyl sites for hydroxylation is 1. The number of nitrogens with zero attached hydrogens (tertiary/aromatic N) is 2. The van der Waals surface area contributed by atoms with Crippen LogP contribution in [0.25, 0.3) is 0 Å². The number of aromatic nitrogens is 2. The molecule has 5 heteroatoms. The first-order chi connectivity index (χ1) is 9.74. The van der Waals surface area contributed by atoms with Crippen LogP contribution in [-0.4, -0.2) is 34.8 Å². The Morgan fingerprint density at radius 2 is 2.15 bits per heavy atom. The summed E-state index contributed by atoms with van der Waals surface area (Å²) in [6, 6.07) is 1.92. The zero-order valence-corrected chi connectivity index (χ0v) is 12.4. The molecule has 112 valence electrons. The van der Waals surface area contributed by atoms with Gasteiger partial charge in [0.2, 0.25) is 5.91 Å². The number of nitrogens with one attached hydrogen (secondary N) is 2. The van der Waals surface area contributed by atoms with E-state index < -0.39 is 0 Å². The molecule has 2 N–H and O–H groups in total. The minimum Gasteiger partial charge on any atom is -0.356 e. The molecule has 0 aromatic carbocycles. The molecule has 0 aliphatic heterocycles. The van der Waals surface area contributed by atoms with Crippen molar-refractivity contribution in [1.82, 2.24) is 20.4 Å². The molecule has 2 rings (SSSR count). The summed E-state index contributed by atoms with van der Waals surface area (Å²) in [4.78, 5) is 12.1. The lowest BCUT2D eigenvalue weighted by Crippen LogP contribution is -2.48. The maximum absolute atomic E-state index is 12.1. The van der Waals surface area contributed by atoms with Crippen LogP contribution in [0.5, 0.6) is 0 Å². The van der Waals surface area contributed by atoms with Crippen molar-refractivity contribution in [2.24, 2.45) is 0 Å². The van der Waals surface area contributed by atoms with Crippen molar-refractivity contribution in [3.05, 3.63) is 18.5 Å². The van der Waals surface area contributed by atoms with Crippen molar-refractivity contribution in [3.63, 3.8) is 0 Å². The fourth-order valence-electron chi connectivity index (χ4n) is 3.02.